The number of rotatable bonds is 1. The first-order valence-electron chi connectivity index (χ1n) is 5.59. The molecule has 0 saturated heterocycles. The van der Waals surface area contributed by atoms with Crippen LogP contribution in [-0.4, -0.2) is 19.1 Å². The SMILES string of the molecule is CC(C)N1CCCNc2cc(I)c(F)cc21. The summed E-state index contributed by atoms with van der Waals surface area (Å²) in [4.78, 5) is 2.26. The fraction of sp³-hybridized carbons (Fsp3) is 0.500. The van der Waals surface area contributed by atoms with E-state index in [9.17, 15) is 4.39 Å². The maximum Gasteiger partial charge on any atom is 0.138 e. The number of anilines is 2. The largest absolute Gasteiger partial charge is 0.383 e. The molecule has 1 aromatic rings. The molecule has 88 valence electrons. The summed E-state index contributed by atoms with van der Waals surface area (Å²) in [5, 5.41) is 3.36. The van der Waals surface area contributed by atoms with Crippen LogP contribution in [-0.2, 0) is 0 Å². The van der Waals surface area contributed by atoms with Gasteiger partial charge in [-0.2, -0.15) is 0 Å². The lowest BCUT2D eigenvalue weighted by molar-refractivity contribution is 0.616. The molecule has 1 heterocycles. The van der Waals surface area contributed by atoms with E-state index in [1.165, 1.54) is 0 Å². The quantitative estimate of drug-likeness (QED) is 0.792. The van der Waals surface area contributed by atoms with Crippen LogP contribution >= 0.6 is 22.6 Å². The Morgan fingerprint density at radius 3 is 2.88 bits per heavy atom. The smallest absolute Gasteiger partial charge is 0.138 e. The molecule has 2 nitrogen and oxygen atoms in total. The zero-order valence-corrected chi connectivity index (χ0v) is 11.7. The fourth-order valence-corrected chi connectivity index (χ4v) is 2.51. The monoisotopic (exact) mass is 334 g/mol. The first-order chi connectivity index (χ1) is 7.59. The molecular formula is C12H16FIN2. The van der Waals surface area contributed by atoms with Crippen LogP contribution in [0.25, 0.3) is 0 Å². The van der Waals surface area contributed by atoms with Crippen molar-refractivity contribution in [2.45, 2.75) is 26.3 Å². The highest BCUT2D eigenvalue weighted by Crippen LogP contribution is 2.32. The Balaban J connectivity index is 2.48. The van der Waals surface area contributed by atoms with Crippen LogP contribution in [0.4, 0.5) is 15.8 Å². The molecule has 0 aliphatic carbocycles. The van der Waals surface area contributed by atoms with Crippen molar-refractivity contribution in [3.05, 3.63) is 21.5 Å². The normalized spacial score (nSPS) is 15.7. The van der Waals surface area contributed by atoms with Gasteiger partial charge in [-0.3, -0.25) is 0 Å². The number of nitrogens with one attached hydrogen (secondary N) is 1. The van der Waals surface area contributed by atoms with Crippen molar-refractivity contribution >= 4 is 34.0 Å². The minimum atomic E-state index is -0.131. The van der Waals surface area contributed by atoms with E-state index in [4.69, 9.17) is 0 Å². The average Bonchev–Trinajstić information content (AvgIpc) is 2.41. The molecule has 0 amide bonds. The summed E-state index contributed by atoms with van der Waals surface area (Å²) >= 11 is 2.03. The summed E-state index contributed by atoms with van der Waals surface area (Å²) < 4.78 is 14.3. The summed E-state index contributed by atoms with van der Waals surface area (Å²) in [5.74, 6) is -0.131. The predicted octanol–water partition coefficient (Wildman–Crippen LogP) is 3.46. The minimum absolute atomic E-state index is 0.131. The predicted molar refractivity (Wildman–Crippen MR) is 74.7 cm³/mol. The molecule has 1 aliphatic rings. The summed E-state index contributed by atoms with van der Waals surface area (Å²) in [6.45, 7) is 6.23. The summed E-state index contributed by atoms with van der Waals surface area (Å²) in [5.41, 5.74) is 2.04. The van der Waals surface area contributed by atoms with Gasteiger partial charge in [0.1, 0.15) is 5.82 Å². The van der Waals surface area contributed by atoms with E-state index in [1.54, 1.807) is 6.07 Å². The van der Waals surface area contributed by atoms with Crippen LogP contribution in [0.15, 0.2) is 12.1 Å². The number of fused-ring (bicyclic) bond motifs is 1. The van der Waals surface area contributed by atoms with E-state index in [-0.39, 0.29) is 5.82 Å². The third kappa shape index (κ3) is 2.26. The fourth-order valence-electron chi connectivity index (χ4n) is 2.04. The second-order valence-corrected chi connectivity index (χ2v) is 5.51. The van der Waals surface area contributed by atoms with Crippen LogP contribution in [0, 0.1) is 9.39 Å². The van der Waals surface area contributed by atoms with E-state index in [0.29, 0.717) is 9.61 Å². The van der Waals surface area contributed by atoms with Crippen molar-refractivity contribution in [1.29, 1.82) is 0 Å². The first-order valence-corrected chi connectivity index (χ1v) is 6.67. The van der Waals surface area contributed by atoms with Crippen LogP contribution in [0.3, 0.4) is 0 Å². The molecule has 0 aromatic heterocycles. The first kappa shape index (κ1) is 12.0. The highest BCUT2D eigenvalue weighted by Gasteiger charge is 2.19. The second kappa shape index (κ2) is 4.77. The maximum absolute atomic E-state index is 13.6. The van der Waals surface area contributed by atoms with Gasteiger partial charge >= 0.3 is 0 Å². The molecule has 0 saturated carbocycles. The van der Waals surface area contributed by atoms with Gasteiger partial charge in [-0.15, -0.1) is 0 Å². The molecule has 4 heteroatoms. The van der Waals surface area contributed by atoms with E-state index < -0.39 is 0 Å². The third-order valence-electron chi connectivity index (χ3n) is 2.86. The van der Waals surface area contributed by atoms with Gasteiger partial charge in [0.2, 0.25) is 0 Å². The highest BCUT2D eigenvalue weighted by atomic mass is 127. The lowest BCUT2D eigenvalue weighted by Crippen LogP contribution is -2.31. The summed E-state index contributed by atoms with van der Waals surface area (Å²) in [6.07, 6.45) is 1.09. The Bertz CT molecular complexity index is 393. The van der Waals surface area contributed by atoms with Gasteiger partial charge in [0.25, 0.3) is 0 Å². The lowest BCUT2D eigenvalue weighted by Gasteiger charge is -2.28. The molecule has 16 heavy (non-hydrogen) atoms. The van der Waals surface area contributed by atoms with E-state index in [0.717, 1.165) is 30.9 Å². The molecule has 0 atom stereocenters. The van der Waals surface area contributed by atoms with Gasteiger partial charge in [-0.1, -0.05) is 0 Å². The molecule has 1 aliphatic heterocycles. The molecule has 0 fully saturated rings. The average molecular weight is 334 g/mol. The highest BCUT2D eigenvalue weighted by molar-refractivity contribution is 14.1. The molecular weight excluding hydrogens is 318 g/mol. The number of halogens is 2. The van der Waals surface area contributed by atoms with E-state index in [2.05, 4.69) is 24.1 Å². The van der Waals surface area contributed by atoms with Crippen molar-refractivity contribution in [3.8, 4) is 0 Å². The van der Waals surface area contributed by atoms with Crippen LogP contribution in [0.5, 0.6) is 0 Å². The van der Waals surface area contributed by atoms with Gasteiger partial charge in [-0.25, -0.2) is 4.39 Å². The molecule has 0 radical (unpaired) electrons. The number of hydrogen-bond donors (Lipinski definition) is 1. The Kier molecular flexibility index (Phi) is 3.56. The third-order valence-corrected chi connectivity index (χ3v) is 3.69. The standard InChI is InChI=1S/C12H16FIN2/c1-8(2)16-5-3-4-15-11-7-10(14)9(13)6-12(11)16/h6-8,15H,3-5H2,1-2H3. The number of hydrogen-bond acceptors (Lipinski definition) is 2. The van der Waals surface area contributed by atoms with Gasteiger partial charge in [0.15, 0.2) is 0 Å². The van der Waals surface area contributed by atoms with Gasteiger partial charge in [0.05, 0.1) is 14.9 Å². The Morgan fingerprint density at radius 2 is 2.19 bits per heavy atom. The molecule has 1 aromatic carbocycles. The van der Waals surface area contributed by atoms with Gasteiger partial charge < -0.3 is 10.2 Å². The number of nitrogens with zero attached hydrogens (tertiary/aromatic N) is 1. The Hall–Kier alpha value is -0.520. The number of benzene rings is 1. The van der Waals surface area contributed by atoms with Crippen LogP contribution < -0.4 is 10.2 Å². The van der Waals surface area contributed by atoms with Crippen molar-refractivity contribution < 1.29 is 4.39 Å². The van der Waals surface area contributed by atoms with Crippen molar-refractivity contribution in [3.63, 3.8) is 0 Å². The molecule has 1 N–H and O–H groups in total. The second-order valence-electron chi connectivity index (χ2n) is 4.35. The van der Waals surface area contributed by atoms with Gasteiger partial charge in [-0.05, 0) is 48.9 Å². The maximum atomic E-state index is 13.6. The van der Waals surface area contributed by atoms with Crippen molar-refractivity contribution in [2.75, 3.05) is 23.3 Å². The van der Waals surface area contributed by atoms with E-state index >= 15 is 0 Å². The van der Waals surface area contributed by atoms with Crippen molar-refractivity contribution in [2.24, 2.45) is 0 Å². The van der Waals surface area contributed by atoms with Crippen LogP contribution in [0.2, 0.25) is 0 Å². The molecule has 0 spiro atoms. The zero-order valence-electron chi connectivity index (χ0n) is 9.56. The Labute approximate surface area is 109 Å². The van der Waals surface area contributed by atoms with Crippen LogP contribution in [0.1, 0.15) is 20.3 Å². The molecule has 0 unspecified atom stereocenters. The minimum Gasteiger partial charge on any atom is -0.383 e. The molecule has 0 bridgehead atoms. The lowest BCUT2D eigenvalue weighted by atomic mass is 10.2. The Morgan fingerprint density at radius 1 is 1.44 bits per heavy atom. The van der Waals surface area contributed by atoms with E-state index in [1.807, 2.05) is 28.7 Å². The molecule has 2 rings (SSSR count). The summed E-state index contributed by atoms with van der Waals surface area (Å²) in [6, 6.07) is 3.94. The summed E-state index contributed by atoms with van der Waals surface area (Å²) in [7, 11) is 0. The zero-order chi connectivity index (χ0) is 11.7. The van der Waals surface area contributed by atoms with Crippen molar-refractivity contribution in [1.82, 2.24) is 0 Å². The topological polar surface area (TPSA) is 15.3 Å². The van der Waals surface area contributed by atoms with Gasteiger partial charge in [0, 0.05) is 25.2 Å².